The van der Waals surface area contributed by atoms with Gasteiger partial charge in [0, 0.05) is 5.92 Å². The Bertz CT molecular complexity index is 274. The molecule has 0 amide bonds. The lowest BCUT2D eigenvalue weighted by molar-refractivity contribution is -0.110. The van der Waals surface area contributed by atoms with Crippen LogP contribution in [0.25, 0.3) is 0 Å². The highest BCUT2D eigenvalue weighted by molar-refractivity contribution is 5.64. The third-order valence-electron chi connectivity index (χ3n) is 1.92. The van der Waals surface area contributed by atoms with E-state index >= 15 is 0 Å². The average Bonchev–Trinajstić information content (AvgIpc) is 2.04. The van der Waals surface area contributed by atoms with Crippen LogP contribution in [0.5, 0.6) is 0 Å². The second-order valence-corrected chi connectivity index (χ2v) is 2.95. The van der Waals surface area contributed by atoms with Crippen molar-refractivity contribution in [3.05, 3.63) is 35.7 Å². The summed E-state index contributed by atoms with van der Waals surface area (Å²) in [6.07, 6.45) is 4.09. The van der Waals surface area contributed by atoms with Crippen LogP contribution in [0.15, 0.2) is 35.7 Å². The van der Waals surface area contributed by atoms with Crippen LogP contribution in [-0.2, 0) is 4.79 Å². The summed E-state index contributed by atoms with van der Waals surface area (Å²) in [7, 11) is 0. The maximum atomic E-state index is 12.7. The molecule has 0 saturated heterocycles. The van der Waals surface area contributed by atoms with Crippen LogP contribution in [0, 0.1) is 5.92 Å². The lowest BCUT2D eigenvalue weighted by Crippen LogP contribution is -2.09. The first-order valence-corrected chi connectivity index (χ1v) is 3.83. The topological polar surface area (TPSA) is 17.1 Å². The first kappa shape index (κ1) is 8.91. The molecule has 12 heavy (non-hydrogen) atoms. The molecular formula is C10H11FO. The Balaban J connectivity index is 2.95. The van der Waals surface area contributed by atoms with Gasteiger partial charge in [-0.2, -0.15) is 0 Å². The highest BCUT2D eigenvalue weighted by atomic mass is 19.1. The van der Waals surface area contributed by atoms with Crippen molar-refractivity contribution in [2.24, 2.45) is 5.92 Å². The summed E-state index contributed by atoms with van der Waals surface area (Å²) in [6.45, 7) is 5.47. The minimum atomic E-state index is -0.272. The smallest absolute Gasteiger partial charge is 0.127 e. The molecular weight excluding hydrogens is 155 g/mol. The lowest BCUT2D eigenvalue weighted by Gasteiger charge is -2.16. The summed E-state index contributed by atoms with van der Waals surface area (Å²) in [5.74, 6) is -0.479. The van der Waals surface area contributed by atoms with Crippen LogP contribution in [0.3, 0.4) is 0 Å². The van der Waals surface area contributed by atoms with Crippen molar-refractivity contribution in [1.29, 1.82) is 0 Å². The van der Waals surface area contributed by atoms with E-state index in [1.165, 1.54) is 12.2 Å². The number of carbonyl (C=O) groups excluding carboxylic acids is 1. The van der Waals surface area contributed by atoms with Gasteiger partial charge in [0.1, 0.15) is 12.1 Å². The van der Waals surface area contributed by atoms with Crippen molar-refractivity contribution in [2.45, 2.75) is 13.3 Å². The number of rotatable bonds is 2. The SMILES string of the molecule is C=C(C)C1=CC(F)=CCC1C=O. The normalized spacial score (nSPS) is 22.7. The number of hydrogen-bond acceptors (Lipinski definition) is 1. The second kappa shape index (κ2) is 3.48. The molecule has 1 aliphatic carbocycles. The van der Waals surface area contributed by atoms with E-state index in [4.69, 9.17) is 0 Å². The maximum Gasteiger partial charge on any atom is 0.127 e. The van der Waals surface area contributed by atoms with Gasteiger partial charge in [-0.05, 0) is 31.1 Å². The van der Waals surface area contributed by atoms with Gasteiger partial charge in [-0.1, -0.05) is 12.2 Å². The van der Waals surface area contributed by atoms with Gasteiger partial charge in [-0.15, -0.1) is 0 Å². The van der Waals surface area contributed by atoms with E-state index in [0.29, 0.717) is 12.0 Å². The summed E-state index contributed by atoms with van der Waals surface area (Å²) >= 11 is 0. The minimum Gasteiger partial charge on any atom is -0.303 e. The molecule has 1 aliphatic rings. The van der Waals surface area contributed by atoms with Gasteiger partial charge in [0.2, 0.25) is 0 Å². The molecule has 0 radical (unpaired) electrons. The predicted molar refractivity (Wildman–Crippen MR) is 46.3 cm³/mol. The molecule has 1 rings (SSSR count). The highest BCUT2D eigenvalue weighted by Gasteiger charge is 2.17. The molecule has 2 heteroatoms. The first-order valence-electron chi connectivity index (χ1n) is 3.83. The standard InChI is InChI=1S/C10H11FO/c1-7(2)10-5-9(11)4-3-8(10)6-12/h4-6,8H,1,3H2,2H3. The molecule has 64 valence electrons. The van der Waals surface area contributed by atoms with Crippen LogP contribution in [0.4, 0.5) is 4.39 Å². The van der Waals surface area contributed by atoms with Crippen molar-refractivity contribution in [3.63, 3.8) is 0 Å². The van der Waals surface area contributed by atoms with E-state index in [2.05, 4.69) is 6.58 Å². The first-order chi connectivity index (χ1) is 5.65. The molecule has 0 N–H and O–H groups in total. The lowest BCUT2D eigenvalue weighted by atomic mass is 9.88. The summed E-state index contributed by atoms with van der Waals surface area (Å²) in [5, 5.41) is 0. The minimum absolute atomic E-state index is 0.206. The third-order valence-corrected chi connectivity index (χ3v) is 1.92. The summed E-state index contributed by atoms with van der Waals surface area (Å²) in [5.41, 5.74) is 1.47. The Morgan fingerprint density at radius 2 is 2.50 bits per heavy atom. The summed E-state index contributed by atoms with van der Waals surface area (Å²) < 4.78 is 12.7. The molecule has 0 aliphatic heterocycles. The van der Waals surface area contributed by atoms with Gasteiger partial charge < -0.3 is 4.79 Å². The fourth-order valence-electron chi connectivity index (χ4n) is 1.25. The van der Waals surface area contributed by atoms with E-state index in [9.17, 15) is 9.18 Å². The van der Waals surface area contributed by atoms with Gasteiger partial charge in [-0.25, -0.2) is 4.39 Å². The molecule has 0 fully saturated rings. The van der Waals surface area contributed by atoms with E-state index in [-0.39, 0.29) is 11.7 Å². The van der Waals surface area contributed by atoms with Crippen LogP contribution in [0.1, 0.15) is 13.3 Å². The second-order valence-electron chi connectivity index (χ2n) is 2.95. The van der Waals surface area contributed by atoms with Gasteiger partial charge >= 0.3 is 0 Å². The zero-order valence-electron chi connectivity index (χ0n) is 7.01. The van der Waals surface area contributed by atoms with Crippen LogP contribution < -0.4 is 0 Å². The quantitative estimate of drug-likeness (QED) is 0.576. The average molecular weight is 166 g/mol. The zero-order chi connectivity index (χ0) is 9.14. The van der Waals surface area contributed by atoms with Crippen molar-refractivity contribution in [2.75, 3.05) is 0 Å². The number of halogens is 1. The Kier molecular flexibility index (Phi) is 2.58. The number of aldehydes is 1. The predicted octanol–water partition coefficient (Wildman–Crippen LogP) is 2.56. The molecule has 1 nitrogen and oxygen atoms in total. The monoisotopic (exact) mass is 166 g/mol. The van der Waals surface area contributed by atoms with Crippen LogP contribution in [0.2, 0.25) is 0 Å². The fourth-order valence-corrected chi connectivity index (χ4v) is 1.25. The van der Waals surface area contributed by atoms with Crippen molar-refractivity contribution >= 4 is 6.29 Å². The fraction of sp³-hybridized carbons (Fsp3) is 0.300. The van der Waals surface area contributed by atoms with Gasteiger partial charge in [0.25, 0.3) is 0 Å². The number of hydrogen-bond donors (Lipinski definition) is 0. The Morgan fingerprint density at radius 1 is 1.83 bits per heavy atom. The number of allylic oxidation sites excluding steroid dienone is 5. The molecule has 1 unspecified atom stereocenters. The molecule has 0 bridgehead atoms. The third kappa shape index (κ3) is 1.70. The van der Waals surface area contributed by atoms with Crippen LogP contribution >= 0.6 is 0 Å². The van der Waals surface area contributed by atoms with Crippen molar-refractivity contribution < 1.29 is 9.18 Å². The van der Waals surface area contributed by atoms with E-state index in [0.717, 1.165) is 11.9 Å². The van der Waals surface area contributed by atoms with Crippen LogP contribution in [-0.4, -0.2) is 6.29 Å². The van der Waals surface area contributed by atoms with Gasteiger partial charge in [0.05, 0.1) is 0 Å². The Morgan fingerprint density at radius 3 is 3.00 bits per heavy atom. The van der Waals surface area contributed by atoms with Gasteiger partial charge in [-0.3, -0.25) is 0 Å². The maximum absolute atomic E-state index is 12.7. The molecule has 1 atom stereocenters. The highest BCUT2D eigenvalue weighted by Crippen LogP contribution is 2.27. The summed E-state index contributed by atoms with van der Waals surface area (Å²) in [4.78, 5) is 10.5. The van der Waals surface area contributed by atoms with Crippen molar-refractivity contribution in [1.82, 2.24) is 0 Å². The van der Waals surface area contributed by atoms with E-state index in [1.807, 2.05) is 0 Å². The number of carbonyl (C=O) groups is 1. The Labute approximate surface area is 71.3 Å². The Hall–Kier alpha value is -1.18. The molecule has 0 spiro atoms. The molecule has 0 heterocycles. The largest absolute Gasteiger partial charge is 0.303 e. The molecule has 0 aromatic carbocycles. The molecule has 0 saturated carbocycles. The molecule has 0 aromatic heterocycles. The van der Waals surface area contributed by atoms with E-state index < -0.39 is 0 Å². The van der Waals surface area contributed by atoms with E-state index in [1.54, 1.807) is 6.92 Å². The summed E-state index contributed by atoms with van der Waals surface area (Å²) in [6, 6.07) is 0. The molecule has 0 aromatic rings. The van der Waals surface area contributed by atoms with Gasteiger partial charge in [0.15, 0.2) is 0 Å². The zero-order valence-corrected chi connectivity index (χ0v) is 7.01. The van der Waals surface area contributed by atoms with Crippen molar-refractivity contribution in [3.8, 4) is 0 Å².